The Balaban J connectivity index is 0.00000264. The smallest absolute Gasteiger partial charge is 0.282 e. The van der Waals surface area contributed by atoms with Crippen molar-refractivity contribution >= 4 is 24.0 Å². The van der Waals surface area contributed by atoms with E-state index in [-0.39, 0.29) is 23.7 Å². The van der Waals surface area contributed by atoms with E-state index < -0.39 is 16.6 Å². The summed E-state index contributed by atoms with van der Waals surface area (Å²) in [5, 5.41) is 14.3. The molecule has 0 aromatic heterocycles. The number of carbonyl (C=O) groups is 1. The number of hydrogen-bond acceptors (Lipinski definition) is 4. The zero-order valence-electron chi connectivity index (χ0n) is 13.0. The van der Waals surface area contributed by atoms with Crippen molar-refractivity contribution in [3.05, 3.63) is 39.7 Å². The Bertz CT molecular complexity index is 563. The average molecular weight is 346 g/mol. The molecule has 1 aliphatic heterocycles. The molecule has 1 aromatic carbocycles. The van der Waals surface area contributed by atoms with Crippen molar-refractivity contribution in [1.29, 1.82) is 0 Å². The molecule has 1 saturated heterocycles. The van der Waals surface area contributed by atoms with E-state index in [0.717, 1.165) is 44.1 Å². The van der Waals surface area contributed by atoms with Gasteiger partial charge in [-0.2, -0.15) is 0 Å². The van der Waals surface area contributed by atoms with Gasteiger partial charge in [0.2, 0.25) is 0 Å². The van der Waals surface area contributed by atoms with Crippen LogP contribution in [-0.4, -0.2) is 41.9 Å². The second-order valence-corrected chi connectivity index (χ2v) is 5.46. The highest BCUT2D eigenvalue weighted by atomic mass is 35.5. The van der Waals surface area contributed by atoms with Gasteiger partial charge in [0.25, 0.3) is 11.6 Å². The summed E-state index contributed by atoms with van der Waals surface area (Å²) in [5.41, 5.74) is -0.517. The summed E-state index contributed by atoms with van der Waals surface area (Å²) >= 11 is 0. The van der Waals surface area contributed by atoms with Gasteiger partial charge in [0.1, 0.15) is 11.4 Å². The molecular weight excluding hydrogens is 325 g/mol. The van der Waals surface area contributed by atoms with Crippen molar-refractivity contribution in [3.63, 3.8) is 0 Å². The number of hydrogen-bond donors (Lipinski definition) is 1. The normalized spacial score (nSPS) is 15.1. The third-order valence-electron chi connectivity index (χ3n) is 3.97. The lowest BCUT2D eigenvalue weighted by atomic mass is 9.96. The highest BCUT2D eigenvalue weighted by molar-refractivity contribution is 5.98. The van der Waals surface area contributed by atoms with Crippen LogP contribution in [0.15, 0.2) is 18.2 Å². The first-order chi connectivity index (χ1) is 10.5. The summed E-state index contributed by atoms with van der Waals surface area (Å²) in [5.74, 6) is -0.601. The van der Waals surface area contributed by atoms with E-state index >= 15 is 0 Å². The van der Waals surface area contributed by atoms with E-state index in [2.05, 4.69) is 5.32 Å². The number of likely N-dealkylation sites (tertiary alicyclic amines) is 1. The number of nitrogens with zero attached hydrogens (tertiary/aromatic N) is 2. The average Bonchev–Trinajstić information content (AvgIpc) is 2.52. The van der Waals surface area contributed by atoms with Crippen LogP contribution in [0, 0.1) is 21.8 Å². The van der Waals surface area contributed by atoms with Crippen molar-refractivity contribution < 1.29 is 14.1 Å². The first-order valence-electron chi connectivity index (χ1n) is 7.46. The van der Waals surface area contributed by atoms with Crippen molar-refractivity contribution in [2.45, 2.75) is 19.8 Å². The van der Waals surface area contributed by atoms with Crippen molar-refractivity contribution in [2.24, 2.45) is 5.92 Å². The molecule has 8 heteroatoms. The first kappa shape index (κ1) is 19.3. The van der Waals surface area contributed by atoms with E-state index in [1.165, 1.54) is 0 Å². The lowest BCUT2D eigenvalue weighted by Crippen LogP contribution is -2.41. The maximum absolute atomic E-state index is 13.3. The van der Waals surface area contributed by atoms with Crippen molar-refractivity contribution in [1.82, 2.24) is 10.2 Å². The third kappa shape index (κ3) is 4.87. The fourth-order valence-corrected chi connectivity index (χ4v) is 2.70. The number of amides is 1. The Morgan fingerprint density at radius 3 is 2.65 bits per heavy atom. The van der Waals surface area contributed by atoms with Crippen LogP contribution in [0.25, 0.3) is 0 Å². The van der Waals surface area contributed by atoms with E-state index in [9.17, 15) is 19.3 Å². The van der Waals surface area contributed by atoms with Crippen LogP contribution >= 0.6 is 12.4 Å². The number of nitro groups is 1. The molecule has 1 N–H and O–H groups in total. The summed E-state index contributed by atoms with van der Waals surface area (Å²) < 4.78 is 13.3. The first-order valence-corrected chi connectivity index (χ1v) is 7.46. The molecule has 2 rings (SSSR count). The fourth-order valence-electron chi connectivity index (χ4n) is 2.70. The van der Waals surface area contributed by atoms with Gasteiger partial charge in [-0.25, -0.2) is 4.39 Å². The summed E-state index contributed by atoms with van der Waals surface area (Å²) in [6.45, 7) is 4.96. The second-order valence-electron chi connectivity index (χ2n) is 5.46. The molecule has 128 valence electrons. The maximum atomic E-state index is 13.3. The van der Waals surface area contributed by atoms with Crippen LogP contribution < -0.4 is 5.32 Å². The van der Waals surface area contributed by atoms with Gasteiger partial charge in [0.05, 0.1) is 4.92 Å². The number of nitro benzene ring substituents is 1. The SMILES string of the molecule is CCNCC1CCN(C(=O)c2cc(F)ccc2[N+](=O)[O-])CC1.Cl. The largest absolute Gasteiger partial charge is 0.338 e. The molecule has 6 nitrogen and oxygen atoms in total. The quantitative estimate of drug-likeness (QED) is 0.657. The third-order valence-corrected chi connectivity index (χ3v) is 3.97. The zero-order chi connectivity index (χ0) is 16.1. The second kappa shape index (κ2) is 8.79. The maximum Gasteiger partial charge on any atom is 0.282 e. The van der Waals surface area contributed by atoms with Gasteiger partial charge in [-0.1, -0.05) is 6.92 Å². The zero-order valence-corrected chi connectivity index (χ0v) is 13.8. The van der Waals surface area contributed by atoms with Gasteiger partial charge < -0.3 is 10.2 Å². The molecule has 23 heavy (non-hydrogen) atoms. The van der Waals surface area contributed by atoms with Crippen LogP contribution in [0.5, 0.6) is 0 Å². The Morgan fingerprint density at radius 1 is 1.43 bits per heavy atom. The molecule has 0 bridgehead atoms. The number of nitrogens with one attached hydrogen (secondary N) is 1. The van der Waals surface area contributed by atoms with E-state index in [4.69, 9.17) is 0 Å². The Hall–Kier alpha value is -1.73. The van der Waals surface area contributed by atoms with Crippen molar-refractivity contribution in [3.8, 4) is 0 Å². The molecule has 0 unspecified atom stereocenters. The van der Waals surface area contributed by atoms with Crippen LogP contribution in [-0.2, 0) is 0 Å². The van der Waals surface area contributed by atoms with Gasteiger partial charge in [0, 0.05) is 19.2 Å². The number of halogens is 2. The van der Waals surface area contributed by atoms with Crippen LogP contribution in [0.1, 0.15) is 30.1 Å². The predicted octanol–water partition coefficient (Wildman–Crippen LogP) is 2.62. The summed E-state index contributed by atoms with van der Waals surface area (Å²) in [6.07, 6.45) is 1.70. The Morgan fingerprint density at radius 2 is 2.09 bits per heavy atom. The lowest BCUT2D eigenvalue weighted by Gasteiger charge is -2.32. The van der Waals surface area contributed by atoms with Crippen LogP contribution in [0.4, 0.5) is 10.1 Å². The molecule has 1 aliphatic rings. The van der Waals surface area contributed by atoms with E-state index in [0.29, 0.717) is 19.0 Å². The van der Waals surface area contributed by atoms with E-state index in [1.807, 2.05) is 6.92 Å². The summed E-state index contributed by atoms with van der Waals surface area (Å²) in [4.78, 5) is 24.4. The molecule has 1 amide bonds. The molecule has 1 fully saturated rings. The van der Waals surface area contributed by atoms with Gasteiger partial charge in [-0.3, -0.25) is 14.9 Å². The molecule has 0 atom stereocenters. The number of benzene rings is 1. The topological polar surface area (TPSA) is 75.5 Å². The van der Waals surface area contributed by atoms with E-state index in [1.54, 1.807) is 4.90 Å². The minimum absolute atomic E-state index is 0. The molecule has 0 radical (unpaired) electrons. The highest BCUT2D eigenvalue weighted by Gasteiger charge is 2.28. The molecule has 1 aromatic rings. The van der Waals surface area contributed by atoms with Crippen LogP contribution in [0.3, 0.4) is 0 Å². The predicted molar refractivity (Wildman–Crippen MR) is 87.5 cm³/mol. The monoisotopic (exact) mass is 345 g/mol. The minimum Gasteiger partial charge on any atom is -0.338 e. The molecular formula is C15H21ClFN3O3. The molecule has 0 spiro atoms. The van der Waals surface area contributed by atoms with Gasteiger partial charge in [-0.15, -0.1) is 12.4 Å². The van der Waals surface area contributed by atoms with Gasteiger partial charge in [0.15, 0.2) is 0 Å². The standard InChI is InChI=1S/C15H20FN3O3.ClH/c1-2-17-10-11-5-7-18(8-6-11)15(20)13-9-12(16)3-4-14(13)19(21)22;/h3-4,9,11,17H,2,5-8,10H2,1H3;1H. The molecule has 1 heterocycles. The van der Waals surface area contributed by atoms with Gasteiger partial charge >= 0.3 is 0 Å². The highest BCUT2D eigenvalue weighted by Crippen LogP contribution is 2.24. The van der Waals surface area contributed by atoms with Crippen LogP contribution in [0.2, 0.25) is 0 Å². The number of rotatable bonds is 5. The number of piperidine rings is 1. The van der Waals surface area contributed by atoms with Crippen molar-refractivity contribution in [2.75, 3.05) is 26.2 Å². The fraction of sp³-hybridized carbons (Fsp3) is 0.533. The number of carbonyl (C=O) groups excluding carboxylic acids is 1. The summed E-state index contributed by atoms with van der Waals surface area (Å²) in [7, 11) is 0. The molecule has 0 aliphatic carbocycles. The Labute approximate surface area is 140 Å². The van der Waals surface area contributed by atoms with Gasteiger partial charge in [-0.05, 0) is 44.0 Å². The Kier molecular flexibility index (Phi) is 7.38. The summed E-state index contributed by atoms with van der Waals surface area (Å²) in [6, 6.07) is 2.99. The minimum atomic E-state index is -0.648. The molecule has 0 saturated carbocycles. The lowest BCUT2D eigenvalue weighted by molar-refractivity contribution is -0.385.